The van der Waals surface area contributed by atoms with Gasteiger partial charge in [-0.25, -0.2) is 4.98 Å². The number of aliphatic hydroxyl groups excluding tert-OH is 1. The molecule has 0 saturated heterocycles. The van der Waals surface area contributed by atoms with Gasteiger partial charge in [-0.15, -0.1) is 0 Å². The van der Waals surface area contributed by atoms with Crippen LogP contribution < -0.4 is 26.8 Å². The van der Waals surface area contributed by atoms with E-state index in [1.165, 1.54) is 0 Å². The maximum absolute atomic E-state index is 10.9. The zero-order chi connectivity index (χ0) is 23.5. The molecule has 2 aromatic rings. The number of ether oxygens (including phenoxy) is 1. The number of carbonyl (C=O) groups is 1. The van der Waals surface area contributed by atoms with Crippen LogP contribution in [0.1, 0.15) is 55.0 Å². The van der Waals surface area contributed by atoms with Gasteiger partial charge in [0.15, 0.2) is 0 Å². The molecule has 1 aromatic heterocycles. The fourth-order valence-electron chi connectivity index (χ4n) is 3.61. The van der Waals surface area contributed by atoms with E-state index in [0.29, 0.717) is 38.2 Å². The van der Waals surface area contributed by atoms with Gasteiger partial charge < -0.3 is 31.9 Å². The molecule has 32 heavy (non-hydrogen) atoms. The Hall–Kier alpha value is -2.91. The zero-order valence-electron chi connectivity index (χ0n) is 19.3. The Bertz CT molecular complexity index is 884. The van der Waals surface area contributed by atoms with Crippen LogP contribution in [0, 0.1) is 6.92 Å². The molecule has 0 aliphatic carbocycles. The molecule has 1 unspecified atom stereocenters. The second kappa shape index (κ2) is 12.8. The standard InChI is InChI=1S/C23H36N6O3/c1-4-5-18(9-11-30)28-22-19(15(2)27-23(25)29-22)13-17-7-6-16(12-20(17)32-3)14-26-10-8-21(24)31/h6-7,12,18,26,30H,4-5,8-11,13-14H2,1-3H3,(H2,24,31)(H3,25,27,28,29). The van der Waals surface area contributed by atoms with E-state index in [2.05, 4.69) is 27.5 Å². The van der Waals surface area contributed by atoms with Gasteiger partial charge in [-0.1, -0.05) is 25.5 Å². The molecule has 2 rings (SSSR count). The predicted molar refractivity (Wildman–Crippen MR) is 127 cm³/mol. The summed E-state index contributed by atoms with van der Waals surface area (Å²) in [6.45, 7) is 5.28. The second-order valence-corrected chi connectivity index (χ2v) is 7.85. The van der Waals surface area contributed by atoms with Crippen LogP contribution in [0.2, 0.25) is 0 Å². The van der Waals surface area contributed by atoms with Crippen molar-refractivity contribution in [3.8, 4) is 5.75 Å². The number of aryl methyl sites for hydroxylation is 1. The molecule has 0 bridgehead atoms. The molecular formula is C23H36N6O3. The number of hydrogen-bond donors (Lipinski definition) is 5. The van der Waals surface area contributed by atoms with Crippen LogP contribution in [0.4, 0.5) is 11.8 Å². The third-order valence-corrected chi connectivity index (χ3v) is 5.28. The van der Waals surface area contributed by atoms with E-state index in [1.54, 1.807) is 7.11 Å². The molecule has 176 valence electrons. The molecule has 0 radical (unpaired) electrons. The van der Waals surface area contributed by atoms with Crippen molar-refractivity contribution in [2.75, 3.05) is 31.3 Å². The summed E-state index contributed by atoms with van der Waals surface area (Å²) in [5.74, 6) is 1.36. The molecule has 0 fully saturated rings. The highest BCUT2D eigenvalue weighted by Gasteiger charge is 2.17. The minimum absolute atomic E-state index is 0.105. The highest BCUT2D eigenvalue weighted by Crippen LogP contribution is 2.28. The van der Waals surface area contributed by atoms with E-state index < -0.39 is 0 Å². The van der Waals surface area contributed by atoms with Gasteiger partial charge in [-0.3, -0.25) is 4.79 Å². The Balaban J connectivity index is 2.24. The molecule has 1 heterocycles. The molecule has 0 saturated carbocycles. The number of nitrogens with zero attached hydrogens (tertiary/aromatic N) is 2. The van der Waals surface area contributed by atoms with Crippen molar-refractivity contribution < 1.29 is 14.6 Å². The molecule has 1 amide bonds. The van der Waals surface area contributed by atoms with Crippen LogP contribution in [0.15, 0.2) is 18.2 Å². The van der Waals surface area contributed by atoms with E-state index in [4.69, 9.17) is 16.2 Å². The monoisotopic (exact) mass is 444 g/mol. The molecule has 1 atom stereocenters. The van der Waals surface area contributed by atoms with E-state index >= 15 is 0 Å². The molecule has 0 aliphatic rings. The second-order valence-electron chi connectivity index (χ2n) is 7.85. The van der Waals surface area contributed by atoms with Crippen molar-refractivity contribution in [3.05, 3.63) is 40.6 Å². The van der Waals surface area contributed by atoms with Gasteiger partial charge in [0.2, 0.25) is 11.9 Å². The van der Waals surface area contributed by atoms with E-state index in [-0.39, 0.29) is 24.5 Å². The number of anilines is 2. The van der Waals surface area contributed by atoms with E-state index in [9.17, 15) is 9.90 Å². The number of nitrogens with one attached hydrogen (secondary N) is 2. The van der Waals surface area contributed by atoms with Gasteiger partial charge in [-0.05, 0) is 37.0 Å². The first-order valence-electron chi connectivity index (χ1n) is 11.0. The fraction of sp³-hybridized carbons (Fsp3) is 0.522. The highest BCUT2D eigenvalue weighted by atomic mass is 16.5. The van der Waals surface area contributed by atoms with Crippen LogP contribution in [-0.4, -0.2) is 47.3 Å². The summed E-state index contributed by atoms with van der Waals surface area (Å²) in [5.41, 5.74) is 14.9. The highest BCUT2D eigenvalue weighted by molar-refractivity contribution is 5.73. The minimum atomic E-state index is -0.323. The lowest BCUT2D eigenvalue weighted by Gasteiger charge is -2.21. The average molecular weight is 445 g/mol. The van der Waals surface area contributed by atoms with Crippen molar-refractivity contribution in [2.24, 2.45) is 5.73 Å². The summed E-state index contributed by atoms with van der Waals surface area (Å²) in [4.78, 5) is 19.7. The molecule has 0 spiro atoms. The van der Waals surface area contributed by atoms with Crippen molar-refractivity contribution in [1.29, 1.82) is 0 Å². The maximum Gasteiger partial charge on any atom is 0.222 e. The summed E-state index contributed by atoms with van der Waals surface area (Å²) >= 11 is 0. The van der Waals surface area contributed by atoms with E-state index in [1.807, 2.05) is 25.1 Å². The number of benzene rings is 1. The number of nitrogens with two attached hydrogens (primary N) is 2. The number of hydrogen-bond acceptors (Lipinski definition) is 8. The van der Waals surface area contributed by atoms with Crippen molar-refractivity contribution in [2.45, 2.75) is 58.5 Å². The van der Waals surface area contributed by atoms with Crippen molar-refractivity contribution in [1.82, 2.24) is 15.3 Å². The number of aliphatic hydroxyl groups is 1. The lowest BCUT2D eigenvalue weighted by Crippen LogP contribution is -2.23. The maximum atomic E-state index is 10.9. The number of rotatable bonds is 14. The number of nitrogen functional groups attached to an aromatic ring is 1. The zero-order valence-corrected chi connectivity index (χ0v) is 19.3. The van der Waals surface area contributed by atoms with Crippen LogP contribution in [0.5, 0.6) is 5.75 Å². The largest absolute Gasteiger partial charge is 0.496 e. The van der Waals surface area contributed by atoms with Gasteiger partial charge in [0.05, 0.1) is 7.11 Å². The smallest absolute Gasteiger partial charge is 0.222 e. The molecular weight excluding hydrogens is 408 g/mol. The number of methoxy groups -OCH3 is 1. The summed E-state index contributed by atoms with van der Waals surface area (Å²) in [5, 5.41) is 16.1. The number of carbonyl (C=O) groups excluding carboxylic acids is 1. The number of aromatic nitrogens is 2. The van der Waals surface area contributed by atoms with Crippen LogP contribution in [0.25, 0.3) is 0 Å². The van der Waals surface area contributed by atoms with Gasteiger partial charge in [0.25, 0.3) is 0 Å². The first kappa shape index (κ1) is 25.4. The number of primary amides is 1. The molecule has 1 aromatic carbocycles. The first-order chi connectivity index (χ1) is 15.4. The summed E-state index contributed by atoms with van der Waals surface area (Å²) in [7, 11) is 1.65. The van der Waals surface area contributed by atoms with Gasteiger partial charge in [-0.2, -0.15) is 4.98 Å². The molecule has 9 heteroatoms. The first-order valence-corrected chi connectivity index (χ1v) is 11.0. The predicted octanol–water partition coefficient (Wildman–Crippen LogP) is 1.89. The average Bonchev–Trinajstić information content (AvgIpc) is 2.74. The Kier molecular flexibility index (Phi) is 10.2. The Morgan fingerprint density at radius 3 is 2.72 bits per heavy atom. The molecule has 0 aliphatic heterocycles. The van der Waals surface area contributed by atoms with Crippen molar-refractivity contribution in [3.63, 3.8) is 0 Å². The van der Waals surface area contributed by atoms with Crippen LogP contribution >= 0.6 is 0 Å². The molecule has 9 nitrogen and oxygen atoms in total. The van der Waals surface area contributed by atoms with Crippen molar-refractivity contribution >= 4 is 17.7 Å². The third-order valence-electron chi connectivity index (χ3n) is 5.28. The van der Waals surface area contributed by atoms with Crippen LogP contribution in [0.3, 0.4) is 0 Å². The topological polar surface area (TPSA) is 148 Å². The van der Waals surface area contributed by atoms with Crippen LogP contribution in [-0.2, 0) is 17.8 Å². The lowest BCUT2D eigenvalue weighted by molar-refractivity contribution is -0.117. The Morgan fingerprint density at radius 1 is 1.28 bits per heavy atom. The third kappa shape index (κ3) is 7.65. The van der Waals surface area contributed by atoms with Gasteiger partial charge >= 0.3 is 0 Å². The van der Waals surface area contributed by atoms with Gasteiger partial charge in [0.1, 0.15) is 11.6 Å². The summed E-state index contributed by atoms with van der Waals surface area (Å²) < 4.78 is 5.64. The lowest BCUT2D eigenvalue weighted by atomic mass is 10.0. The van der Waals surface area contributed by atoms with E-state index in [0.717, 1.165) is 41.0 Å². The minimum Gasteiger partial charge on any atom is -0.496 e. The molecule has 7 N–H and O–H groups in total. The fourth-order valence-corrected chi connectivity index (χ4v) is 3.61. The Labute approximate surface area is 190 Å². The summed E-state index contributed by atoms with van der Waals surface area (Å²) in [6, 6.07) is 6.15. The quantitative estimate of drug-likeness (QED) is 0.277. The number of amides is 1. The Morgan fingerprint density at radius 2 is 2.06 bits per heavy atom. The SMILES string of the molecule is CCCC(CCO)Nc1nc(N)nc(C)c1Cc1ccc(CNCCC(N)=O)cc1OC. The van der Waals surface area contributed by atoms with Gasteiger partial charge in [0, 0.05) is 49.8 Å². The summed E-state index contributed by atoms with van der Waals surface area (Å²) in [6.07, 6.45) is 3.43. The normalized spacial score (nSPS) is 11.9.